The highest BCUT2D eigenvalue weighted by Crippen LogP contribution is 2.17. The number of hydrogen-bond acceptors (Lipinski definition) is 4. The molecule has 1 N–H and O–H groups in total. The van der Waals surface area contributed by atoms with Crippen molar-refractivity contribution in [2.24, 2.45) is 0 Å². The molecule has 3 aromatic rings. The maximum Gasteiger partial charge on any atom is 0.214 e. The number of ether oxygens (including phenoxy) is 1. The second-order valence-electron chi connectivity index (χ2n) is 4.52. The molecular weight excluding hydrogens is 264 g/mol. The molecule has 0 aliphatic heterocycles. The zero-order chi connectivity index (χ0) is 14.5. The van der Waals surface area contributed by atoms with Gasteiger partial charge in [-0.15, -0.1) is 0 Å². The summed E-state index contributed by atoms with van der Waals surface area (Å²) in [6, 6.07) is 13.9. The molecule has 2 aromatic heterocycles. The maximum atomic E-state index is 5.12. The Morgan fingerprint density at radius 1 is 1.14 bits per heavy atom. The predicted molar refractivity (Wildman–Crippen MR) is 81.7 cm³/mol. The average Bonchev–Trinajstić information content (AvgIpc) is 3.08. The van der Waals surface area contributed by atoms with Gasteiger partial charge in [0.05, 0.1) is 12.8 Å². The van der Waals surface area contributed by atoms with Gasteiger partial charge in [-0.1, -0.05) is 18.2 Å². The Labute approximate surface area is 123 Å². The van der Waals surface area contributed by atoms with E-state index in [0.29, 0.717) is 12.4 Å². The van der Waals surface area contributed by atoms with E-state index in [1.165, 1.54) is 0 Å². The van der Waals surface area contributed by atoms with E-state index < -0.39 is 0 Å². The molecule has 0 aliphatic rings. The first-order valence-corrected chi connectivity index (χ1v) is 6.68. The molecule has 0 bridgehead atoms. The lowest BCUT2D eigenvalue weighted by Crippen LogP contribution is -2.05. The van der Waals surface area contributed by atoms with E-state index >= 15 is 0 Å². The number of hydrogen-bond donors (Lipinski definition) is 1. The van der Waals surface area contributed by atoms with Crippen molar-refractivity contribution in [3.8, 4) is 11.6 Å². The van der Waals surface area contributed by atoms with Gasteiger partial charge in [0.2, 0.25) is 5.88 Å². The van der Waals surface area contributed by atoms with Crippen molar-refractivity contribution in [2.75, 3.05) is 12.4 Å². The molecule has 3 rings (SSSR count). The number of anilines is 1. The molecule has 0 saturated carbocycles. The Kier molecular flexibility index (Phi) is 3.82. The smallest absolute Gasteiger partial charge is 0.214 e. The first-order chi connectivity index (χ1) is 10.4. The number of nitrogens with one attached hydrogen (secondary N) is 1. The van der Waals surface area contributed by atoms with Crippen LogP contribution in [-0.2, 0) is 6.54 Å². The predicted octanol–water partition coefficient (Wildman–Crippen LogP) is 2.89. The van der Waals surface area contributed by atoms with Crippen LogP contribution in [0.2, 0.25) is 0 Å². The van der Waals surface area contributed by atoms with Crippen molar-refractivity contribution < 1.29 is 4.74 Å². The highest BCUT2D eigenvalue weighted by atomic mass is 16.5. The molecule has 0 aliphatic carbocycles. The fourth-order valence-corrected chi connectivity index (χ4v) is 2.12. The number of pyridine rings is 1. The molecule has 0 unspecified atom stereocenters. The minimum Gasteiger partial charge on any atom is -0.481 e. The molecule has 2 heterocycles. The Bertz CT molecular complexity index is 710. The molecular formula is C16H16N4O. The van der Waals surface area contributed by atoms with Gasteiger partial charge in [0.1, 0.15) is 0 Å². The van der Waals surface area contributed by atoms with Gasteiger partial charge in [-0.05, 0) is 23.8 Å². The summed E-state index contributed by atoms with van der Waals surface area (Å²) in [5.41, 5.74) is 3.20. The molecule has 0 amide bonds. The number of methoxy groups -OCH3 is 1. The molecule has 0 spiro atoms. The fraction of sp³-hybridized carbons (Fsp3) is 0.125. The molecule has 106 valence electrons. The van der Waals surface area contributed by atoms with Gasteiger partial charge in [-0.3, -0.25) is 0 Å². The van der Waals surface area contributed by atoms with E-state index in [4.69, 9.17) is 4.74 Å². The topological polar surface area (TPSA) is 52.0 Å². The standard InChI is InChI=1S/C16H16N4O/c1-21-16-11-14(7-9-17-16)18-12-13-5-2-3-6-15(13)20-10-4-8-19-20/h2-11H,12H2,1H3,(H,17,18). The lowest BCUT2D eigenvalue weighted by atomic mass is 10.1. The van der Waals surface area contributed by atoms with Gasteiger partial charge in [0, 0.05) is 36.9 Å². The Morgan fingerprint density at radius 3 is 2.86 bits per heavy atom. The first kappa shape index (κ1) is 13.2. The van der Waals surface area contributed by atoms with Crippen LogP contribution in [0.4, 0.5) is 5.69 Å². The van der Waals surface area contributed by atoms with Crippen molar-refractivity contribution in [3.63, 3.8) is 0 Å². The average molecular weight is 280 g/mol. The van der Waals surface area contributed by atoms with Crippen LogP contribution < -0.4 is 10.1 Å². The largest absolute Gasteiger partial charge is 0.481 e. The SMILES string of the molecule is COc1cc(NCc2ccccc2-n2cccn2)ccn1. The second kappa shape index (κ2) is 6.09. The van der Waals surface area contributed by atoms with E-state index in [0.717, 1.165) is 16.9 Å². The van der Waals surface area contributed by atoms with E-state index in [1.807, 2.05) is 41.2 Å². The summed E-state index contributed by atoms with van der Waals surface area (Å²) < 4.78 is 6.99. The number of aromatic nitrogens is 3. The highest BCUT2D eigenvalue weighted by Gasteiger charge is 2.04. The monoisotopic (exact) mass is 280 g/mol. The second-order valence-corrected chi connectivity index (χ2v) is 4.52. The third-order valence-electron chi connectivity index (χ3n) is 3.17. The van der Waals surface area contributed by atoms with E-state index in [-0.39, 0.29) is 0 Å². The van der Waals surface area contributed by atoms with Crippen LogP contribution in [0.15, 0.2) is 61.1 Å². The molecule has 5 nitrogen and oxygen atoms in total. The molecule has 0 atom stereocenters. The van der Waals surface area contributed by atoms with Crippen molar-refractivity contribution in [1.29, 1.82) is 0 Å². The van der Waals surface area contributed by atoms with Gasteiger partial charge in [0.15, 0.2) is 0 Å². The molecule has 0 radical (unpaired) electrons. The van der Waals surface area contributed by atoms with Crippen LogP contribution in [0.3, 0.4) is 0 Å². The summed E-state index contributed by atoms with van der Waals surface area (Å²) >= 11 is 0. The minimum absolute atomic E-state index is 0.598. The molecule has 0 fully saturated rings. The van der Waals surface area contributed by atoms with E-state index in [9.17, 15) is 0 Å². The number of nitrogens with zero attached hydrogens (tertiary/aromatic N) is 3. The number of benzene rings is 1. The van der Waals surface area contributed by atoms with Crippen LogP contribution in [0.1, 0.15) is 5.56 Å². The van der Waals surface area contributed by atoms with Crippen molar-refractivity contribution in [1.82, 2.24) is 14.8 Å². The summed E-state index contributed by atoms with van der Waals surface area (Å²) in [4.78, 5) is 4.09. The first-order valence-electron chi connectivity index (χ1n) is 6.68. The van der Waals surface area contributed by atoms with Crippen LogP contribution in [-0.4, -0.2) is 21.9 Å². The normalized spacial score (nSPS) is 10.3. The Balaban J connectivity index is 1.79. The van der Waals surface area contributed by atoms with Crippen LogP contribution >= 0.6 is 0 Å². The van der Waals surface area contributed by atoms with Crippen LogP contribution in [0.25, 0.3) is 5.69 Å². The van der Waals surface area contributed by atoms with Crippen LogP contribution in [0.5, 0.6) is 5.88 Å². The summed E-state index contributed by atoms with van der Waals surface area (Å²) in [5.74, 6) is 0.598. The van der Waals surface area contributed by atoms with Gasteiger partial charge in [-0.2, -0.15) is 5.10 Å². The number of para-hydroxylation sites is 1. The fourth-order valence-electron chi connectivity index (χ4n) is 2.12. The van der Waals surface area contributed by atoms with Gasteiger partial charge in [-0.25, -0.2) is 9.67 Å². The van der Waals surface area contributed by atoms with Gasteiger partial charge < -0.3 is 10.1 Å². The maximum absolute atomic E-state index is 5.12. The van der Waals surface area contributed by atoms with Gasteiger partial charge in [0.25, 0.3) is 0 Å². The van der Waals surface area contributed by atoms with E-state index in [2.05, 4.69) is 27.5 Å². The minimum atomic E-state index is 0.598. The summed E-state index contributed by atoms with van der Waals surface area (Å²) in [6.45, 7) is 0.698. The lowest BCUT2D eigenvalue weighted by molar-refractivity contribution is 0.398. The highest BCUT2D eigenvalue weighted by molar-refractivity contribution is 5.48. The summed E-state index contributed by atoms with van der Waals surface area (Å²) in [6.07, 6.45) is 5.44. The lowest BCUT2D eigenvalue weighted by Gasteiger charge is -2.11. The summed E-state index contributed by atoms with van der Waals surface area (Å²) in [7, 11) is 1.61. The zero-order valence-electron chi connectivity index (χ0n) is 11.7. The third-order valence-corrected chi connectivity index (χ3v) is 3.17. The summed E-state index contributed by atoms with van der Waals surface area (Å²) in [5, 5.41) is 7.67. The molecule has 1 aromatic carbocycles. The van der Waals surface area contributed by atoms with Gasteiger partial charge >= 0.3 is 0 Å². The van der Waals surface area contributed by atoms with Crippen molar-refractivity contribution in [2.45, 2.75) is 6.54 Å². The number of rotatable bonds is 5. The van der Waals surface area contributed by atoms with Crippen molar-refractivity contribution in [3.05, 3.63) is 66.6 Å². The molecule has 21 heavy (non-hydrogen) atoms. The molecule has 0 saturated heterocycles. The quantitative estimate of drug-likeness (QED) is 0.780. The Morgan fingerprint density at radius 2 is 2.05 bits per heavy atom. The van der Waals surface area contributed by atoms with Crippen molar-refractivity contribution >= 4 is 5.69 Å². The third kappa shape index (κ3) is 3.02. The zero-order valence-corrected chi connectivity index (χ0v) is 11.7. The Hall–Kier alpha value is -2.82. The van der Waals surface area contributed by atoms with Crippen LogP contribution in [0, 0.1) is 0 Å². The molecule has 5 heteroatoms. The van der Waals surface area contributed by atoms with E-state index in [1.54, 1.807) is 19.5 Å².